The molecule has 0 aliphatic heterocycles. The molecule has 1 fully saturated rings. The van der Waals surface area contributed by atoms with E-state index in [0.717, 1.165) is 25.3 Å². The molecule has 6 nitrogen and oxygen atoms in total. The molecule has 108 valence electrons. The molecule has 0 unspecified atom stereocenters. The third kappa shape index (κ3) is 3.07. The van der Waals surface area contributed by atoms with Crippen molar-refractivity contribution in [3.63, 3.8) is 0 Å². The summed E-state index contributed by atoms with van der Waals surface area (Å²) in [5, 5.41) is 23.2. The Balaban J connectivity index is 2.26. The van der Waals surface area contributed by atoms with Crippen LogP contribution < -0.4 is 5.32 Å². The highest BCUT2D eigenvalue weighted by Crippen LogP contribution is 2.31. The average molecular weight is 278 g/mol. The van der Waals surface area contributed by atoms with Crippen LogP contribution >= 0.6 is 0 Å². The van der Waals surface area contributed by atoms with Crippen molar-refractivity contribution in [1.29, 1.82) is 0 Å². The van der Waals surface area contributed by atoms with Gasteiger partial charge in [-0.15, -0.1) is 0 Å². The second-order valence-electron chi connectivity index (χ2n) is 5.31. The lowest BCUT2D eigenvalue weighted by atomic mass is 9.86. The largest absolute Gasteiger partial charge is 0.478 e. The summed E-state index contributed by atoms with van der Waals surface area (Å²) in [7, 11) is 0. The van der Waals surface area contributed by atoms with E-state index in [0.29, 0.717) is 11.6 Å². The number of hydrogen-bond donors (Lipinski definition) is 2. The van der Waals surface area contributed by atoms with E-state index in [2.05, 4.69) is 12.2 Å². The number of nitrogens with zero attached hydrogens (tertiary/aromatic N) is 1. The molecule has 6 heteroatoms. The Bertz CT molecular complexity index is 530. The summed E-state index contributed by atoms with van der Waals surface area (Å²) in [6, 6.07) is 4.20. The first-order valence-electron chi connectivity index (χ1n) is 6.77. The van der Waals surface area contributed by atoms with Crippen LogP contribution in [0.5, 0.6) is 0 Å². The van der Waals surface area contributed by atoms with E-state index in [4.69, 9.17) is 5.11 Å². The number of benzene rings is 1. The smallest absolute Gasteiger partial charge is 0.335 e. The molecule has 2 rings (SSSR count). The molecule has 1 aliphatic carbocycles. The van der Waals surface area contributed by atoms with Crippen molar-refractivity contribution < 1.29 is 14.8 Å². The standard InChI is InChI=1S/C14H18N2O4/c1-9-4-2-3-5-11(9)15-12-7-6-10(14(17)18)8-13(12)16(19)20/h6-9,11,15H,2-5H2,1H3,(H,17,18)/t9-,11+/m1/s1. The maximum atomic E-state index is 11.1. The van der Waals surface area contributed by atoms with Gasteiger partial charge in [0.05, 0.1) is 10.5 Å². The Labute approximate surface area is 117 Å². The molecule has 2 atom stereocenters. The maximum absolute atomic E-state index is 11.1. The summed E-state index contributed by atoms with van der Waals surface area (Å²) >= 11 is 0. The highest BCUT2D eigenvalue weighted by molar-refractivity contribution is 5.89. The molecule has 2 N–H and O–H groups in total. The lowest BCUT2D eigenvalue weighted by molar-refractivity contribution is -0.384. The molecule has 0 saturated heterocycles. The van der Waals surface area contributed by atoms with Gasteiger partial charge in [0.2, 0.25) is 0 Å². The van der Waals surface area contributed by atoms with Crippen LogP contribution in [0.25, 0.3) is 0 Å². The van der Waals surface area contributed by atoms with E-state index in [1.807, 2.05) is 0 Å². The SMILES string of the molecule is C[C@@H]1CCCC[C@@H]1Nc1ccc(C(=O)O)cc1[N+](=O)[O-]. The molecule has 0 amide bonds. The number of anilines is 1. The van der Waals surface area contributed by atoms with Crippen molar-refractivity contribution in [2.24, 2.45) is 5.92 Å². The Kier molecular flexibility index (Phi) is 4.22. The molecule has 0 aromatic heterocycles. The zero-order valence-corrected chi connectivity index (χ0v) is 11.3. The molecule has 0 radical (unpaired) electrons. The molecule has 1 aromatic rings. The predicted molar refractivity (Wildman–Crippen MR) is 75.1 cm³/mol. The van der Waals surface area contributed by atoms with Crippen LogP contribution in [0.3, 0.4) is 0 Å². The molecule has 1 saturated carbocycles. The molecule has 1 aromatic carbocycles. The van der Waals surface area contributed by atoms with E-state index in [1.54, 1.807) is 0 Å². The van der Waals surface area contributed by atoms with E-state index < -0.39 is 10.9 Å². The molecule has 0 heterocycles. The molecule has 0 spiro atoms. The Morgan fingerprint density at radius 2 is 2.10 bits per heavy atom. The Hall–Kier alpha value is -2.11. The van der Waals surface area contributed by atoms with Crippen molar-refractivity contribution in [3.05, 3.63) is 33.9 Å². The highest BCUT2D eigenvalue weighted by Gasteiger charge is 2.24. The lowest BCUT2D eigenvalue weighted by Crippen LogP contribution is -2.30. The van der Waals surface area contributed by atoms with Gasteiger partial charge >= 0.3 is 5.97 Å². The van der Waals surface area contributed by atoms with E-state index >= 15 is 0 Å². The van der Waals surface area contributed by atoms with Crippen molar-refractivity contribution in [2.45, 2.75) is 38.6 Å². The zero-order chi connectivity index (χ0) is 14.7. The topological polar surface area (TPSA) is 92.5 Å². The summed E-state index contributed by atoms with van der Waals surface area (Å²) in [4.78, 5) is 21.4. The quantitative estimate of drug-likeness (QED) is 0.651. The highest BCUT2D eigenvalue weighted by atomic mass is 16.6. The van der Waals surface area contributed by atoms with E-state index in [9.17, 15) is 14.9 Å². The second-order valence-corrected chi connectivity index (χ2v) is 5.31. The third-order valence-corrected chi connectivity index (χ3v) is 3.89. The normalized spacial score (nSPS) is 22.2. The molecular formula is C14H18N2O4. The minimum atomic E-state index is -1.16. The fourth-order valence-corrected chi connectivity index (χ4v) is 2.67. The van der Waals surface area contributed by atoms with Gasteiger partial charge in [-0.3, -0.25) is 10.1 Å². The zero-order valence-electron chi connectivity index (χ0n) is 11.3. The van der Waals surface area contributed by atoms with Crippen LogP contribution in [-0.4, -0.2) is 22.0 Å². The number of nitro groups is 1. The first-order valence-corrected chi connectivity index (χ1v) is 6.77. The van der Waals surface area contributed by atoms with Crippen LogP contribution in [0.1, 0.15) is 43.0 Å². The molecule has 20 heavy (non-hydrogen) atoms. The fourth-order valence-electron chi connectivity index (χ4n) is 2.67. The van der Waals surface area contributed by atoms with Gasteiger partial charge in [-0.25, -0.2) is 4.79 Å². The number of carbonyl (C=O) groups is 1. The van der Waals surface area contributed by atoms with Gasteiger partial charge in [0.15, 0.2) is 0 Å². The minimum Gasteiger partial charge on any atom is -0.478 e. The van der Waals surface area contributed by atoms with Crippen LogP contribution in [0.15, 0.2) is 18.2 Å². The van der Waals surface area contributed by atoms with Gasteiger partial charge in [-0.2, -0.15) is 0 Å². The van der Waals surface area contributed by atoms with Crippen LogP contribution in [0, 0.1) is 16.0 Å². The van der Waals surface area contributed by atoms with Gasteiger partial charge in [0.1, 0.15) is 5.69 Å². The van der Waals surface area contributed by atoms with Crippen molar-refractivity contribution >= 4 is 17.3 Å². The van der Waals surface area contributed by atoms with Gasteiger partial charge in [-0.05, 0) is 30.9 Å². The summed E-state index contributed by atoms with van der Waals surface area (Å²) in [5.74, 6) is -0.701. The first kappa shape index (κ1) is 14.3. The third-order valence-electron chi connectivity index (χ3n) is 3.89. The number of carboxylic acid groups (broad SMARTS) is 1. The monoisotopic (exact) mass is 278 g/mol. The van der Waals surface area contributed by atoms with Crippen LogP contribution in [-0.2, 0) is 0 Å². The minimum absolute atomic E-state index is 0.0704. The number of rotatable bonds is 4. The summed E-state index contributed by atoms with van der Waals surface area (Å²) < 4.78 is 0. The number of aromatic carboxylic acids is 1. The molecule has 1 aliphatic rings. The Morgan fingerprint density at radius 3 is 2.70 bits per heavy atom. The summed E-state index contributed by atoms with van der Waals surface area (Å²) in [6.45, 7) is 2.13. The number of nitrogens with one attached hydrogen (secondary N) is 1. The fraction of sp³-hybridized carbons (Fsp3) is 0.500. The van der Waals surface area contributed by atoms with Crippen molar-refractivity contribution in [3.8, 4) is 0 Å². The molecule has 0 bridgehead atoms. The first-order chi connectivity index (χ1) is 9.49. The van der Waals surface area contributed by atoms with E-state index in [1.165, 1.54) is 18.6 Å². The summed E-state index contributed by atoms with van der Waals surface area (Å²) in [5.41, 5.74) is 0.153. The van der Waals surface area contributed by atoms with E-state index in [-0.39, 0.29) is 17.3 Å². The van der Waals surface area contributed by atoms with Crippen molar-refractivity contribution in [1.82, 2.24) is 0 Å². The molecular weight excluding hydrogens is 260 g/mol. The van der Waals surface area contributed by atoms with Crippen LogP contribution in [0.2, 0.25) is 0 Å². The van der Waals surface area contributed by atoms with Crippen molar-refractivity contribution in [2.75, 3.05) is 5.32 Å². The van der Waals surface area contributed by atoms with Gasteiger partial charge in [0.25, 0.3) is 5.69 Å². The number of hydrogen-bond acceptors (Lipinski definition) is 4. The predicted octanol–water partition coefficient (Wildman–Crippen LogP) is 3.28. The van der Waals surface area contributed by atoms with Crippen LogP contribution in [0.4, 0.5) is 11.4 Å². The van der Waals surface area contributed by atoms with Gasteiger partial charge < -0.3 is 10.4 Å². The summed E-state index contributed by atoms with van der Waals surface area (Å²) in [6.07, 6.45) is 4.40. The second kappa shape index (κ2) is 5.90. The van der Waals surface area contributed by atoms with Gasteiger partial charge in [-0.1, -0.05) is 19.8 Å². The Morgan fingerprint density at radius 1 is 1.40 bits per heavy atom. The van der Waals surface area contributed by atoms with Gasteiger partial charge in [0, 0.05) is 12.1 Å². The maximum Gasteiger partial charge on any atom is 0.335 e. The lowest BCUT2D eigenvalue weighted by Gasteiger charge is -2.30. The number of nitro benzene ring substituents is 1. The number of carboxylic acids is 1. The average Bonchev–Trinajstić information content (AvgIpc) is 2.41.